The molecule has 0 atom stereocenters. The van der Waals surface area contributed by atoms with E-state index < -0.39 is 10.0 Å². The van der Waals surface area contributed by atoms with Crippen LogP contribution in [0.4, 0.5) is 5.69 Å². The summed E-state index contributed by atoms with van der Waals surface area (Å²) in [5.41, 5.74) is 1.40. The van der Waals surface area contributed by atoms with Crippen molar-refractivity contribution >= 4 is 21.6 Å². The average molecular weight is 485 g/mol. The molecule has 0 heterocycles. The quantitative estimate of drug-likeness (QED) is 0.464. The first kappa shape index (κ1) is 25.1. The van der Waals surface area contributed by atoms with Crippen molar-refractivity contribution in [1.82, 2.24) is 4.31 Å². The van der Waals surface area contributed by atoms with Gasteiger partial charge in [-0.05, 0) is 49.4 Å². The third-order valence-corrected chi connectivity index (χ3v) is 6.94. The van der Waals surface area contributed by atoms with Gasteiger partial charge in [-0.1, -0.05) is 18.2 Å². The maximum absolute atomic E-state index is 13.0. The number of nitrogens with one attached hydrogen (secondary N) is 1. The molecule has 34 heavy (non-hydrogen) atoms. The third kappa shape index (κ3) is 5.67. The van der Waals surface area contributed by atoms with Crippen molar-refractivity contribution in [2.24, 2.45) is 0 Å². The zero-order valence-corrected chi connectivity index (χ0v) is 20.4. The second kappa shape index (κ2) is 11.0. The number of hydrogen-bond donors (Lipinski definition) is 1. The molecule has 0 aliphatic rings. The Bertz CT molecular complexity index is 1250. The van der Waals surface area contributed by atoms with Crippen LogP contribution < -0.4 is 19.5 Å². The molecule has 8 nitrogen and oxygen atoms in total. The number of rotatable bonds is 10. The van der Waals surface area contributed by atoms with E-state index in [-0.39, 0.29) is 17.3 Å². The Balaban J connectivity index is 1.88. The highest BCUT2D eigenvalue weighted by Gasteiger charge is 2.23. The van der Waals surface area contributed by atoms with Crippen LogP contribution in [0, 0.1) is 0 Å². The molecule has 9 heteroatoms. The van der Waals surface area contributed by atoms with E-state index in [9.17, 15) is 13.2 Å². The van der Waals surface area contributed by atoms with E-state index in [1.54, 1.807) is 73.8 Å². The van der Waals surface area contributed by atoms with Gasteiger partial charge in [0, 0.05) is 30.8 Å². The summed E-state index contributed by atoms with van der Waals surface area (Å²) < 4.78 is 43.4. The van der Waals surface area contributed by atoms with Gasteiger partial charge in [0.15, 0.2) is 0 Å². The number of nitrogens with zero attached hydrogens (tertiary/aromatic N) is 1. The maximum atomic E-state index is 13.0. The highest BCUT2D eigenvalue weighted by atomic mass is 32.2. The zero-order chi connectivity index (χ0) is 24.7. The van der Waals surface area contributed by atoms with Crippen LogP contribution in [-0.4, -0.2) is 46.5 Å². The third-order valence-electron chi connectivity index (χ3n) is 5.12. The molecule has 0 aliphatic carbocycles. The number of carbonyl (C=O) groups excluding carboxylic acids is 1. The molecule has 0 radical (unpaired) electrons. The highest BCUT2D eigenvalue weighted by molar-refractivity contribution is 7.89. The van der Waals surface area contributed by atoms with E-state index in [1.165, 1.54) is 18.5 Å². The van der Waals surface area contributed by atoms with Crippen molar-refractivity contribution in [1.29, 1.82) is 0 Å². The summed E-state index contributed by atoms with van der Waals surface area (Å²) in [6.07, 6.45) is 0. The SMILES string of the molecule is CCOc1ccc(C(=O)Nc2ccc(OC)cc2OC)cc1CN(C)S(=O)(=O)c1ccccc1. The normalized spacial score (nSPS) is 11.2. The summed E-state index contributed by atoms with van der Waals surface area (Å²) in [4.78, 5) is 13.2. The van der Waals surface area contributed by atoms with E-state index in [1.807, 2.05) is 6.92 Å². The van der Waals surface area contributed by atoms with Gasteiger partial charge in [0.1, 0.15) is 17.2 Å². The Kier molecular flexibility index (Phi) is 8.14. The van der Waals surface area contributed by atoms with Crippen molar-refractivity contribution in [3.05, 3.63) is 77.9 Å². The van der Waals surface area contributed by atoms with E-state index in [2.05, 4.69) is 5.32 Å². The lowest BCUT2D eigenvalue weighted by molar-refractivity contribution is 0.102. The second-order valence-corrected chi connectivity index (χ2v) is 9.39. The molecule has 0 fully saturated rings. The van der Waals surface area contributed by atoms with Gasteiger partial charge in [-0.2, -0.15) is 4.31 Å². The van der Waals surface area contributed by atoms with Gasteiger partial charge in [-0.25, -0.2) is 8.42 Å². The lowest BCUT2D eigenvalue weighted by Crippen LogP contribution is -2.27. The van der Waals surface area contributed by atoms with Crippen molar-refractivity contribution in [3.63, 3.8) is 0 Å². The van der Waals surface area contributed by atoms with Crippen LogP contribution in [0.1, 0.15) is 22.8 Å². The Hall–Kier alpha value is -3.56. The molecule has 3 aromatic rings. The van der Waals surface area contributed by atoms with E-state index in [0.717, 1.165) is 0 Å². The molecular weight excluding hydrogens is 456 g/mol. The van der Waals surface area contributed by atoms with Crippen LogP contribution in [0.25, 0.3) is 0 Å². The predicted octanol–water partition coefficient (Wildman–Crippen LogP) is 4.18. The molecule has 0 bridgehead atoms. The second-order valence-electron chi connectivity index (χ2n) is 7.35. The fourth-order valence-electron chi connectivity index (χ4n) is 3.33. The number of ether oxygens (including phenoxy) is 3. The van der Waals surface area contributed by atoms with Crippen LogP contribution in [0.5, 0.6) is 17.2 Å². The minimum absolute atomic E-state index is 0.0273. The molecule has 0 unspecified atom stereocenters. The Morgan fingerprint density at radius 2 is 1.68 bits per heavy atom. The van der Waals surface area contributed by atoms with Crippen molar-refractivity contribution in [3.8, 4) is 17.2 Å². The molecule has 0 spiro atoms. The standard InChI is InChI=1S/C25H28N2O6S/c1-5-33-23-14-11-18(25(28)26-22-13-12-20(31-3)16-24(22)32-4)15-19(23)17-27(2)34(29,30)21-9-7-6-8-10-21/h6-16H,5,17H2,1-4H3,(H,26,28). The first-order valence-corrected chi connectivity index (χ1v) is 12.0. The molecule has 1 N–H and O–H groups in total. The number of sulfonamides is 1. The molecule has 0 aliphatic heterocycles. The van der Waals surface area contributed by atoms with Gasteiger partial charge in [0.05, 0.1) is 31.4 Å². The number of carbonyl (C=O) groups is 1. The number of methoxy groups -OCH3 is 2. The number of benzene rings is 3. The fourth-order valence-corrected chi connectivity index (χ4v) is 4.50. The number of hydrogen-bond acceptors (Lipinski definition) is 6. The molecule has 0 aromatic heterocycles. The fraction of sp³-hybridized carbons (Fsp3) is 0.240. The van der Waals surface area contributed by atoms with E-state index in [4.69, 9.17) is 14.2 Å². The lowest BCUT2D eigenvalue weighted by atomic mass is 10.1. The summed E-state index contributed by atoms with van der Waals surface area (Å²) >= 11 is 0. The monoisotopic (exact) mass is 484 g/mol. The number of anilines is 1. The molecule has 0 saturated carbocycles. The van der Waals surface area contributed by atoms with Gasteiger partial charge in [-0.3, -0.25) is 4.79 Å². The summed E-state index contributed by atoms with van der Waals surface area (Å²) in [5, 5.41) is 2.82. The molecule has 3 rings (SSSR count). The van der Waals surface area contributed by atoms with E-state index in [0.29, 0.717) is 40.7 Å². The summed E-state index contributed by atoms with van der Waals surface area (Å²) in [6.45, 7) is 2.26. The molecule has 0 saturated heterocycles. The van der Waals surface area contributed by atoms with Gasteiger partial charge >= 0.3 is 0 Å². The minimum Gasteiger partial charge on any atom is -0.497 e. The van der Waals surface area contributed by atoms with Crippen LogP contribution in [0.2, 0.25) is 0 Å². The van der Waals surface area contributed by atoms with Crippen LogP contribution in [0.15, 0.2) is 71.6 Å². The van der Waals surface area contributed by atoms with Gasteiger partial charge in [0.2, 0.25) is 10.0 Å². The smallest absolute Gasteiger partial charge is 0.255 e. The minimum atomic E-state index is -3.72. The summed E-state index contributed by atoms with van der Waals surface area (Å²) in [7, 11) is 0.823. The molecule has 3 aromatic carbocycles. The van der Waals surface area contributed by atoms with Gasteiger partial charge in [-0.15, -0.1) is 0 Å². The molecule has 180 valence electrons. The predicted molar refractivity (Wildman–Crippen MR) is 130 cm³/mol. The van der Waals surface area contributed by atoms with Gasteiger partial charge < -0.3 is 19.5 Å². The maximum Gasteiger partial charge on any atom is 0.255 e. The summed E-state index contributed by atoms with van der Waals surface area (Å²) in [6, 6.07) is 18.2. The van der Waals surface area contributed by atoms with Crippen LogP contribution in [-0.2, 0) is 16.6 Å². The topological polar surface area (TPSA) is 94.2 Å². The van der Waals surface area contributed by atoms with Crippen LogP contribution in [0.3, 0.4) is 0 Å². The van der Waals surface area contributed by atoms with Crippen molar-refractivity contribution < 1.29 is 27.4 Å². The Labute approximate surface area is 200 Å². The van der Waals surface area contributed by atoms with Crippen molar-refractivity contribution in [2.75, 3.05) is 33.2 Å². The zero-order valence-electron chi connectivity index (χ0n) is 19.6. The first-order chi connectivity index (χ1) is 16.3. The van der Waals surface area contributed by atoms with Crippen molar-refractivity contribution in [2.45, 2.75) is 18.4 Å². The Morgan fingerprint density at radius 1 is 0.941 bits per heavy atom. The van der Waals surface area contributed by atoms with Crippen LogP contribution >= 0.6 is 0 Å². The summed E-state index contributed by atoms with van der Waals surface area (Å²) in [5.74, 6) is 1.19. The average Bonchev–Trinajstić information content (AvgIpc) is 2.85. The lowest BCUT2D eigenvalue weighted by Gasteiger charge is -2.20. The van der Waals surface area contributed by atoms with E-state index >= 15 is 0 Å². The van der Waals surface area contributed by atoms with Gasteiger partial charge in [0.25, 0.3) is 5.91 Å². The largest absolute Gasteiger partial charge is 0.497 e. The Morgan fingerprint density at radius 3 is 2.32 bits per heavy atom. The molecule has 1 amide bonds. The number of amides is 1. The highest BCUT2D eigenvalue weighted by Crippen LogP contribution is 2.30. The first-order valence-electron chi connectivity index (χ1n) is 10.6. The molecular formula is C25H28N2O6S.